The van der Waals surface area contributed by atoms with E-state index in [0.717, 1.165) is 16.7 Å². The highest BCUT2D eigenvalue weighted by molar-refractivity contribution is 6.32. The molecule has 3 N–H and O–H groups in total. The van der Waals surface area contributed by atoms with Crippen molar-refractivity contribution in [2.45, 2.75) is 26.3 Å². The third kappa shape index (κ3) is 4.97. The van der Waals surface area contributed by atoms with Gasteiger partial charge in [0.25, 0.3) is 5.91 Å². The van der Waals surface area contributed by atoms with Crippen LogP contribution in [0.3, 0.4) is 0 Å². The molecule has 0 fully saturated rings. The van der Waals surface area contributed by atoms with Crippen LogP contribution in [0, 0.1) is 13.8 Å². The van der Waals surface area contributed by atoms with Crippen LogP contribution in [0.4, 0.5) is 0 Å². The molecule has 0 saturated carbocycles. The average Bonchev–Trinajstić information content (AvgIpc) is 2.53. The molecule has 0 aliphatic heterocycles. The van der Waals surface area contributed by atoms with Gasteiger partial charge in [0.15, 0.2) is 0 Å². The summed E-state index contributed by atoms with van der Waals surface area (Å²) in [6, 6.07) is 9.86. The molecule has 0 aliphatic carbocycles. The molecule has 2 aromatic carbocycles. The van der Waals surface area contributed by atoms with Crippen LogP contribution >= 0.6 is 11.6 Å². The lowest BCUT2D eigenvalue weighted by molar-refractivity contribution is -0.119. The normalized spacial score (nSPS) is 11.7. The Morgan fingerprint density at radius 2 is 1.80 bits per heavy atom. The van der Waals surface area contributed by atoms with Crippen molar-refractivity contribution in [3.8, 4) is 5.75 Å². The number of rotatable bonds is 6. The smallest absolute Gasteiger partial charge is 0.251 e. The van der Waals surface area contributed by atoms with Crippen molar-refractivity contribution >= 4 is 23.4 Å². The number of nitrogens with one attached hydrogen (secondary N) is 1. The molecule has 2 aromatic rings. The Morgan fingerprint density at radius 1 is 1.16 bits per heavy atom. The Balaban J connectivity index is 2.16. The minimum Gasteiger partial charge on any atom is -0.495 e. The quantitative estimate of drug-likeness (QED) is 0.831. The number of carbonyl (C=O) groups is 2. The van der Waals surface area contributed by atoms with Crippen molar-refractivity contribution < 1.29 is 14.3 Å². The summed E-state index contributed by atoms with van der Waals surface area (Å²) >= 11 is 6.10. The van der Waals surface area contributed by atoms with Gasteiger partial charge >= 0.3 is 0 Å². The summed E-state index contributed by atoms with van der Waals surface area (Å²) in [5, 5.41) is 3.13. The van der Waals surface area contributed by atoms with Crippen LogP contribution in [0.25, 0.3) is 0 Å². The SMILES string of the molecule is COc1ccc(C[C@@H](NC(=O)c2cc(C)cc(C)c2)C(N)=O)cc1Cl. The lowest BCUT2D eigenvalue weighted by Gasteiger charge is -2.17. The molecule has 5 nitrogen and oxygen atoms in total. The van der Waals surface area contributed by atoms with E-state index in [1.54, 1.807) is 30.3 Å². The maximum absolute atomic E-state index is 12.5. The zero-order chi connectivity index (χ0) is 18.6. The molecule has 25 heavy (non-hydrogen) atoms. The molecular formula is C19H21ClN2O3. The summed E-state index contributed by atoms with van der Waals surface area (Å²) in [4.78, 5) is 24.2. The fourth-order valence-electron chi connectivity index (χ4n) is 2.64. The standard InChI is InChI=1S/C19H21ClN2O3/c1-11-6-12(2)8-14(7-11)19(24)22-16(18(21)23)10-13-4-5-17(25-3)15(20)9-13/h4-9,16H,10H2,1-3H3,(H2,21,23)(H,22,24)/t16-/m1/s1. The van der Waals surface area contributed by atoms with Gasteiger partial charge in [-0.05, 0) is 43.7 Å². The number of primary amides is 1. The molecule has 1 atom stereocenters. The maximum Gasteiger partial charge on any atom is 0.251 e. The second-order valence-corrected chi connectivity index (χ2v) is 6.39. The molecule has 0 spiro atoms. The largest absolute Gasteiger partial charge is 0.495 e. The molecule has 0 saturated heterocycles. The van der Waals surface area contributed by atoms with Gasteiger partial charge in [-0.15, -0.1) is 0 Å². The van der Waals surface area contributed by atoms with Gasteiger partial charge in [0, 0.05) is 12.0 Å². The summed E-state index contributed by atoms with van der Waals surface area (Å²) in [6.45, 7) is 3.82. The Morgan fingerprint density at radius 3 is 2.32 bits per heavy atom. The van der Waals surface area contributed by atoms with E-state index in [9.17, 15) is 9.59 Å². The van der Waals surface area contributed by atoms with Crippen molar-refractivity contribution in [2.75, 3.05) is 7.11 Å². The fourth-order valence-corrected chi connectivity index (χ4v) is 2.92. The zero-order valence-electron chi connectivity index (χ0n) is 14.4. The third-order valence-corrected chi connectivity index (χ3v) is 4.08. The molecule has 0 radical (unpaired) electrons. The Hall–Kier alpha value is -2.53. The molecule has 6 heteroatoms. The molecule has 0 bridgehead atoms. The minimum atomic E-state index is -0.835. The van der Waals surface area contributed by atoms with Gasteiger partial charge < -0.3 is 15.8 Å². The number of amides is 2. The molecule has 0 aromatic heterocycles. The van der Waals surface area contributed by atoms with Crippen molar-refractivity contribution in [1.29, 1.82) is 0 Å². The summed E-state index contributed by atoms with van der Waals surface area (Å²) < 4.78 is 5.10. The highest BCUT2D eigenvalue weighted by atomic mass is 35.5. The van der Waals surface area contributed by atoms with Crippen molar-refractivity contribution in [1.82, 2.24) is 5.32 Å². The van der Waals surface area contributed by atoms with E-state index in [0.29, 0.717) is 16.3 Å². The summed E-state index contributed by atoms with van der Waals surface area (Å²) in [5.74, 6) is -0.403. The van der Waals surface area contributed by atoms with Gasteiger partial charge in [0.1, 0.15) is 11.8 Å². The topological polar surface area (TPSA) is 81.4 Å². The van der Waals surface area contributed by atoms with Crippen molar-refractivity contribution in [3.63, 3.8) is 0 Å². The van der Waals surface area contributed by atoms with E-state index in [1.165, 1.54) is 7.11 Å². The van der Waals surface area contributed by atoms with E-state index < -0.39 is 11.9 Å². The van der Waals surface area contributed by atoms with Crippen molar-refractivity contribution in [3.05, 3.63) is 63.7 Å². The van der Waals surface area contributed by atoms with Crippen LogP contribution in [0.15, 0.2) is 36.4 Å². The first-order valence-electron chi connectivity index (χ1n) is 7.81. The number of carbonyl (C=O) groups excluding carboxylic acids is 2. The van der Waals surface area contributed by atoms with Crippen LogP contribution in [0.5, 0.6) is 5.75 Å². The Kier molecular flexibility index (Phi) is 6.04. The first-order valence-corrected chi connectivity index (χ1v) is 8.19. The molecular weight excluding hydrogens is 340 g/mol. The highest BCUT2D eigenvalue weighted by Crippen LogP contribution is 2.25. The van der Waals surface area contributed by atoms with E-state index in [2.05, 4.69) is 5.32 Å². The maximum atomic E-state index is 12.5. The Bertz CT molecular complexity index is 785. The first kappa shape index (κ1) is 18.8. The van der Waals surface area contributed by atoms with Crippen LogP contribution in [0.1, 0.15) is 27.0 Å². The number of ether oxygens (including phenoxy) is 1. The first-order chi connectivity index (χ1) is 11.8. The summed E-state index contributed by atoms with van der Waals surface area (Å²) in [6.07, 6.45) is 0.246. The van der Waals surface area contributed by atoms with E-state index in [4.69, 9.17) is 22.1 Å². The lowest BCUT2D eigenvalue weighted by Crippen LogP contribution is -2.45. The molecule has 0 heterocycles. The molecule has 0 aliphatic rings. The highest BCUT2D eigenvalue weighted by Gasteiger charge is 2.20. The van der Waals surface area contributed by atoms with Gasteiger partial charge in [-0.25, -0.2) is 0 Å². The van der Waals surface area contributed by atoms with E-state index >= 15 is 0 Å². The van der Waals surface area contributed by atoms with Gasteiger partial charge in [-0.3, -0.25) is 9.59 Å². The number of hydrogen-bond donors (Lipinski definition) is 2. The number of nitrogens with two attached hydrogens (primary N) is 1. The molecule has 2 amide bonds. The number of methoxy groups -OCH3 is 1. The predicted octanol–water partition coefficient (Wildman–Crippen LogP) is 2.79. The van der Waals surface area contributed by atoms with Gasteiger partial charge in [0.2, 0.25) is 5.91 Å². The van der Waals surface area contributed by atoms with Crippen LogP contribution in [-0.2, 0) is 11.2 Å². The lowest BCUT2D eigenvalue weighted by atomic mass is 10.0. The van der Waals surface area contributed by atoms with Gasteiger partial charge in [-0.2, -0.15) is 0 Å². The van der Waals surface area contributed by atoms with Gasteiger partial charge in [-0.1, -0.05) is 34.9 Å². The third-order valence-electron chi connectivity index (χ3n) is 3.79. The Labute approximate surface area is 152 Å². The van der Waals surface area contributed by atoms with Gasteiger partial charge in [0.05, 0.1) is 12.1 Å². The number of halogens is 1. The summed E-state index contributed by atoms with van der Waals surface area (Å²) in [5.41, 5.74) is 8.67. The number of benzene rings is 2. The van der Waals surface area contributed by atoms with Crippen molar-refractivity contribution in [2.24, 2.45) is 5.73 Å². The van der Waals surface area contributed by atoms with Crippen LogP contribution in [0.2, 0.25) is 5.02 Å². The summed E-state index contributed by atoms with van der Waals surface area (Å²) in [7, 11) is 1.52. The van der Waals surface area contributed by atoms with E-state index in [1.807, 2.05) is 19.9 Å². The fraction of sp³-hybridized carbons (Fsp3) is 0.263. The average molecular weight is 361 g/mol. The monoisotopic (exact) mass is 360 g/mol. The molecule has 2 rings (SSSR count). The number of hydrogen-bond acceptors (Lipinski definition) is 3. The molecule has 0 unspecified atom stereocenters. The second-order valence-electron chi connectivity index (χ2n) is 5.98. The second kappa shape index (κ2) is 8.03. The van der Waals surface area contributed by atoms with Crippen LogP contribution < -0.4 is 15.8 Å². The number of aryl methyl sites for hydroxylation is 2. The zero-order valence-corrected chi connectivity index (χ0v) is 15.2. The van der Waals surface area contributed by atoms with E-state index in [-0.39, 0.29) is 12.3 Å². The molecule has 132 valence electrons. The predicted molar refractivity (Wildman–Crippen MR) is 98.1 cm³/mol. The van der Waals surface area contributed by atoms with Crippen LogP contribution in [-0.4, -0.2) is 25.0 Å². The minimum absolute atomic E-state index is 0.246.